The van der Waals surface area contributed by atoms with Crippen LogP contribution in [0.2, 0.25) is 0 Å². The van der Waals surface area contributed by atoms with Gasteiger partial charge in [0.25, 0.3) is 0 Å². The zero-order chi connectivity index (χ0) is 16.0. The van der Waals surface area contributed by atoms with Crippen molar-refractivity contribution >= 4 is 21.9 Å². The van der Waals surface area contributed by atoms with Crippen LogP contribution in [-0.4, -0.2) is 4.98 Å². The average Bonchev–Trinajstić information content (AvgIpc) is 2.93. The first-order valence-electron chi connectivity index (χ1n) is 8.01. The summed E-state index contributed by atoms with van der Waals surface area (Å²) < 4.78 is 6.13. The lowest BCUT2D eigenvalue weighted by Gasteiger charge is -2.06. The van der Waals surface area contributed by atoms with E-state index < -0.39 is 0 Å². The van der Waals surface area contributed by atoms with E-state index in [0.717, 1.165) is 27.8 Å². The van der Waals surface area contributed by atoms with Crippen LogP contribution < -0.4 is 0 Å². The quantitative estimate of drug-likeness (QED) is 0.448. The van der Waals surface area contributed by atoms with Crippen molar-refractivity contribution in [1.29, 1.82) is 0 Å². The molecule has 0 radical (unpaired) electrons. The molecule has 0 saturated carbocycles. The van der Waals surface area contributed by atoms with Crippen LogP contribution >= 0.6 is 0 Å². The molecule has 0 aliphatic carbocycles. The Hall–Kier alpha value is -2.61. The summed E-state index contributed by atoms with van der Waals surface area (Å²) in [5, 5.41) is 2.32. The Morgan fingerprint density at radius 2 is 1.83 bits per heavy atom. The first-order chi connectivity index (χ1) is 11.1. The predicted molar refractivity (Wildman–Crippen MR) is 95.8 cm³/mol. The van der Waals surface area contributed by atoms with Gasteiger partial charge in [-0.05, 0) is 42.7 Å². The van der Waals surface area contributed by atoms with Gasteiger partial charge in [0.1, 0.15) is 11.2 Å². The molecule has 0 unspecified atom stereocenters. The Kier molecular flexibility index (Phi) is 3.19. The van der Waals surface area contributed by atoms with Crippen LogP contribution in [0.4, 0.5) is 0 Å². The molecule has 4 rings (SSSR count). The van der Waals surface area contributed by atoms with Crippen LogP contribution in [-0.2, 0) is 0 Å². The smallest absolute Gasteiger partial charge is 0.144 e. The maximum atomic E-state index is 6.13. The summed E-state index contributed by atoms with van der Waals surface area (Å²) >= 11 is 0. The van der Waals surface area contributed by atoms with Crippen molar-refractivity contribution in [2.45, 2.75) is 26.7 Å². The number of benzene rings is 2. The first kappa shape index (κ1) is 14.0. The van der Waals surface area contributed by atoms with Crippen LogP contribution in [0.25, 0.3) is 33.2 Å². The van der Waals surface area contributed by atoms with Crippen LogP contribution in [0.5, 0.6) is 0 Å². The molecule has 4 aromatic rings. The lowest BCUT2D eigenvalue weighted by atomic mass is 10.0. The SMILES string of the molecule is Cc1ccc2oc3c(-c4ccc(C(C)C)cn4)cccc3c2c1. The standard InChI is InChI=1S/C21H19NO/c1-13(2)15-8-9-19(22-12-15)17-6-4-5-16-18-11-14(3)7-10-20(18)23-21(16)17/h4-13H,1-3H3. The van der Waals surface area contributed by atoms with Crippen LogP contribution in [0.3, 0.4) is 0 Å². The molecule has 0 fully saturated rings. The predicted octanol–water partition coefficient (Wildman–Crippen LogP) is 6.08. The largest absolute Gasteiger partial charge is 0.455 e. The van der Waals surface area contributed by atoms with E-state index in [0.29, 0.717) is 5.92 Å². The number of aromatic nitrogens is 1. The highest BCUT2D eigenvalue weighted by Crippen LogP contribution is 2.35. The van der Waals surface area contributed by atoms with E-state index in [4.69, 9.17) is 4.42 Å². The van der Waals surface area contributed by atoms with Gasteiger partial charge >= 0.3 is 0 Å². The maximum absolute atomic E-state index is 6.13. The molecule has 0 aliphatic heterocycles. The molecule has 0 spiro atoms. The van der Waals surface area contributed by atoms with Crippen molar-refractivity contribution in [1.82, 2.24) is 4.98 Å². The topological polar surface area (TPSA) is 26.0 Å². The first-order valence-corrected chi connectivity index (χ1v) is 8.01. The fraction of sp³-hybridized carbons (Fsp3) is 0.190. The maximum Gasteiger partial charge on any atom is 0.144 e. The third kappa shape index (κ3) is 2.31. The molecule has 0 N–H and O–H groups in total. The van der Waals surface area contributed by atoms with E-state index in [-0.39, 0.29) is 0 Å². The Balaban J connectivity index is 1.95. The Labute approximate surface area is 135 Å². The number of pyridine rings is 1. The molecule has 2 aromatic heterocycles. The van der Waals surface area contributed by atoms with Crippen molar-refractivity contribution in [2.24, 2.45) is 0 Å². The minimum Gasteiger partial charge on any atom is -0.455 e. The molecule has 0 amide bonds. The number of furan rings is 1. The molecule has 0 bridgehead atoms. The summed E-state index contributed by atoms with van der Waals surface area (Å²) in [6, 6.07) is 16.8. The molecule has 0 saturated heterocycles. The van der Waals surface area contributed by atoms with Crippen molar-refractivity contribution in [2.75, 3.05) is 0 Å². The molecule has 2 aromatic carbocycles. The minimum absolute atomic E-state index is 0.488. The van der Waals surface area contributed by atoms with Crippen molar-refractivity contribution in [3.63, 3.8) is 0 Å². The summed E-state index contributed by atoms with van der Waals surface area (Å²) in [5.41, 5.74) is 6.34. The highest BCUT2D eigenvalue weighted by molar-refractivity contribution is 6.09. The van der Waals surface area contributed by atoms with Gasteiger partial charge in [0, 0.05) is 22.5 Å². The average molecular weight is 301 g/mol. The third-order valence-corrected chi connectivity index (χ3v) is 4.38. The van der Waals surface area contributed by atoms with Gasteiger partial charge in [-0.3, -0.25) is 4.98 Å². The molecular formula is C21H19NO. The summed E-state index contributed by atoms with van der Waals surface area (Å²) in [5.74, 6) is 0.488. The second kappa shape index (κ2) is 5.24. The molecule has 114 valence electrons. The summed E-state index contributed by atoms with van der Waals surface area (Å²) in [6.07, 6.45) is 1.96. The highest BCUT2D eigenvalue weighted by Gasteiger charge is 2.13. The number of nitrogens with zero attached hydrogens (tertiary/aromatic N) is 1. The second-order valence-electron chi connectivity index (χ2n) is 6.42. The van der Waals surface area contributed by atoms with Crippen molar-refractivity contribution < 1.29 is 4.42 Å². The van der Waals surface area contributed by atoms with Crippen LogP contribution in [0, 0.1) is 6.92 Å². The minimum atomic E-state index is 0.488. The van der Waals surface area contributed by atoms with Crippen LogP contribution in [0.1, 0.15) is 30.9 Å². The van der Waals surface area contributed by atoms with Crippen LogP contribution in [0.15, 0.2) is 59.1 Å². The van der Waals surface area contributed by atoms with Gasteiger partial charge in [-0.25, -0.2) is 0 Å². The zero-order valence-electron chi connectivity index (χ0n) is 13.6. The molecule has 2 nitrogen and oxygen atoms in total. The van der Waals surface area contributed by atoms with E-state index >= 15 is 0 Å². The van der Waals surface area contributed by atoms with E-state index in [9.17, 15) is 0 Å². The number of rotatable bonds is 2. The number of hydrogen-bond acceptors (Lipinski definition) is 2. The molecule has 23 heavy (non-hydrogen) atoms. The zero-order valence-corrected chi connectivity index (χ0v) is 13.6. The van der Waals surface area contributed by atoms with E-state index in [1.54, 1.807) is 0 Å². The Morgan fingerprint density at radius 3 is 2.57 bits per heavy atom. The van der Waals surface area contributed by atoms with Crippen molar-refractivity contribution in [3.8, 4) is 11.3 Å². The molecule has 2 heterocycles. The van der Waals surface area contributed by atoms with E-state index in [2.05, 4.69) is 68.2 Å². The number of fused-ring (bicyclic) bond motifs is 3. The molecular weight excluding hydrogens is 282 g/mol. The number of hydrogen-bond donors (Lipinski definition) is 0. The third-order valence-electron chi connectivity index (χ3n) is 4.38. The fourth-order valence-corrected chi connectivity index (χ4v) is 3.02. The highest BCUT2D eigenvalue weighted by atomic mass is 16.3. The van der Waals surface area contributed by atoms with Gasteiger partial charge in [-0.2, -0.15) is 0 Å². The van der Waals surface area contributed by atoms with Gasteiger partial charge in [0.15, 0.2) is 0 Å². The lowest BCUT2D eigenvalue weighted by Crippen LogP contribution is -1.90. The second-order valence-corrected chi connectivity index (χ2v) is 6.42. The van der Waals surface area contributed by atoms with Gasteiger partial charge in [-0.15, -0.1) is 0 Å². The number of para-hydroxylation sites is 1. The molecule has 2 heteroatoms. The number of aryl methyl sites for hydroxylation is 1. The van der Waals surface area contributed by atoms with E-state index in [1.807, 2.05) is 12.3 Å². The molecule has 0 atom stereocenters. The van der Waals surface area contributed by atoms with Gasteiger partial charge in [0.2, 0.25) is 0 Å². The van der Waals surface area contributed by atoms with Gasteiger partial charge < -0.3 is 4.42 Å². The normalized spacial score (nSPS) is 11.7. The monoisotopic (exact) mass is 301 g/mol. The van der Waals surface area contributed by atoms with Crippen molar-refractivity contribution in [3.05, 3.63) is 65.9 Å². The Morgan fingerprint density at radius 1 is 0.957 bits per heavy atom. The molecule has 0 aliphatic rings. The summed E-state index contributed by atoms with van der Waals surface area (Å²) in [7, 11) is 0. The fourth-order valence-electron chi connectivity index (χ4n) is 3.02. The van der Waals surface area contributed by atoms with E-state index in [1.165, 1.54) is 16.5 Å². The summed E-state index contributed by atoms with van der Waals surface area (Å²) in [4.78, 5) is 4.65. The van der Waals surface area contributed by atoms with Gasteiger partial charge in [-0.1, -0.05) is 43.7 Å². The van der Waals surface area contributed by atoms with Gasteiger partial charge in [0.05, 0.1) is 5.69 Å². The lowest BCUT2D eigenvalue weighted by molar-refractivity contribution is 0.669. The Bertz CT molecular complexity index is 994. The summed E-state index contributed by atoms with van der Waals surface area (Å²) in [6.45, 7) is 6.46.